The van der Waals surface area contributed by atoms with Crippen LogP contribution in [0.5, 0.6) is 0 Å². The Hall–Kier alpha value is -0.0900. The summed E-state index contributed by atoms with van der Waals surface area (Å²) in [4.78, 5) is 0. The molecule has 3 nitrogen and oxygen atoms in total. The fourth-order valence-electron chi connectivity index (χ4n) is 5.04. The van der Waals surface area contributed by atoms with Crippen molar-refractivity contribution in [3.8, 4) is 0 Å². The second kappa shape index (κ2) is 26.0. The van der Waals surface area contributed by atoms with Crippen LogP contribution in [0.4, 0.5) is 0 Å². The molecule has 0 aromatic carbocycles. The third-order valence-electron chi connectivity index (χ3n) is 7.43. The Morgan fingerprint density at radius 2 is 0.618 bits per heavy atom. The van der Waals surface area contributed by atoms with Crippen LogP contribution in [0.25, 0.3) is 0 Å². The Balaban J connectivity index is 3.57. The largest absolute Gasteiger partial charge is 0.285 e. The highest BCUT2D eigenvalue weighted by molar-refractivity contribution is 7.86. The SMILES string of the molecule is CCCCCCCCCCCCCCCC(CCCCCCCCCCCCCC)S(=O)(=O)O. The molecular formula is C30H62O3S. The lowest BCUT2D eigenvalue weighted by atomic mass is 10.0. The molecule has 0 rings (SSSR count). The van der Waals surface area contributed by atoms with Crippen LogP contribution in [-0.4, -0.2) is 18.2 Å². The summed E-state index contributed by atoms with van der Waals surface area (Å²) >= 11 is 0. The van der Waals surface area contributed by atoms with Crippen molar-refractivity contribution in [3.05, 3.63) is 0 Å². The topological polar surface area (TPSA) is 54.4 Å². The average Bonchev–Trinajstić information content (AvgIpc) is 2.80. The van der Waals surface area contributed by atoms with E-state index in [2.05, 4.69) is 13.8 Å². The predicted molar refractivity (Wildman–Crippen MR) is 151 cm³/mol. The molecule has 0 aliphatic heterocycles. The Kier molecular flexibility index (Phi) is 25.9. The summed E-state index contributed by atoms with van der Waals surface area (Å²) in [5.74, 6) is 0. The van der Waals surface area contributed by atoms with Gasteiger partial charge in [-0.1, -0.05) is 174 Å². The molecule has 1 N–H and O–H groups in total. The first-order valence-corrected chi connectivity index (χ1v) is 17.0. The zero-order valence-corrected chi connectivity index (χ0v) is 24.2. The highest BCUT2D eigenvalue weighted by Crippen LogP contribution is 2.20. The van der Waals surface area contributed by atoms with Crippen molar-refractivity contribution in [2.75, 3.05) is 0 Å². The van der Waals surface area contributed by atoms with Crippen LogP contribution in [0.3, 0.4) is 0 Å². The van der Waals surface area contributed by atoms with E-state index in [0.29, 0.717) is 12.8 Å². The quantitative estimate of drug-likeness (QED) is 0.0854. The Bertz CT molecular complexity index is 489. The first kappa shape index (κ1) is 33.9. The number of hydrogen-bond donors (Lipinski definition) is 1. The summed E-state index contributed by atoms with van der Waals surface area (Å²) < 4.78 is 33.2. The van der Waals surface area contributed by atoms with Gasteiger partial charge in [0.1, 0.15) is 0 Å². The number of hydrogen-bond acceptors (Lipinski definition) is 2. The summed E-state index contributed by atoms with van der Waals surface area (Å²) in [5.41, 5.74) is 0. The average molecular weight is 503 g/mol. The van der Waals surface area contributed by atoms with Crippen molar-refractivity contribution >= 4 is 10.1 Å². The van der Waals surface area contributed by atoms with Gasteiger partial charge in [-0.15, -0.1) is 0 Å². The molecule has 4 heteroatoms. The van der Waals surface area contributed by atoms with Gasteiger partial charge in [0.15, 0.2) is 0 Å². The summed E-state index contributed by atoms with van der Waals surface area (Å²) in [5, 5.41) is -0.539. The van der Waals surface area contributed by atoms with E-state index in [1.807, 2.05) is 0 Å². The zero-order valence-electron chi connectivity index (χ0n) is 23.3. The molecule has 0 amide bonds. The van der Waals surface area contributed by atoms with Crippen LogP contribution in [0, 0.1) is 0 Å². The summed E-state index contributed by atoms with van der Waals surface area (Å²) in [6, 6.07) is 0. The minimum absolute atomic E-state index is 0.539. The molecule has 0 spiro atoms. The van der Waals surface area contributed by atoms with Crippen molar-refractivity contribution in [2.45, 2.75) is 192 Å². The highest BCUT2D eigenvalue weighted by Gasteiger charge is 2.21. The first-order valence-electron chi connectivity index (χ1n) is 15.5. The van der Waals surface area contributed by atoms with E-state index in [9.17, 15) is 13.0 Å². The van der Waals surface area contributed by atoms with Gasteiger partial charge in [-0.3, -0.25) is 4.55 Å². The van der Waals surface area contributed by atoms with Gasteiger partial charge < -0.3 is 0 Å². The molecule has 206 valence electrons. The number of rotatable bonds is 28. The molecule has 0 aliphatic carbocycles. The Labute approximate surface area is 215 Å². The molecule has 0 aliphatic rings. The first-order chi connectivity index (χ1) is 16.5. The van der Waals surface area contributed by atoms with Crippen LogP contribution < -0.4 is 0 Å². The van der Waals surface area contributed by atoms with Crippen molar-refractivity contribution in [2.24, 2.45) is 0 Å². The van der Waals surface area contributed by atoms with Gasteiger partial charge in [0.05, 0.1) is 5.25 Å². The molecule has 0 saturated carbocycles. The fraction of sp³-hybridized carbons (Fsp3) is 1.00. The standard InChI is InChI=1S/C30H62O3S/c1-3-5-7-9-11-13-15-17-19-21-23-25-27-29-30(34(31,32)33)28-26-24-22-20-18-16-14-12-10-8-6-4-2/h30H,3-29H2,1-2H3,(H,31,32,33). The van der Waals surface area contributed by atoms with E-state index < -0.39 is 15.4 Å². The van der Waals surface area contributed by atoms with Crippen molar-refractivity contribution in [1.29, 1.82) is 0 Å². The van der Waals surface area contributed by atoms with E-state index in [1.54, 1.807) is 0 Å². The zero-order chi connectivity index (χ0) is 25.2. The second-order valence-electron chi connectivity index (χ2n) is 10.8. The van der Waals surface area contributed by atoms with Gasteiger partial charge in [-0.2, -0.15) is 8.42 Å². The molecule has 1 atom stereocenters. The lowest BCUT2D eigenvalue weighted by molar-refractivity contribution is 0.441. The Morgan fingerprint density at radius 1 is 0.412 bits per heavy atom. The number of unbranched alkanes of at least 4 members (excludes halogenated alkanes) is 23. The summed E-state index contributed by atoms with van der Waals surface area (Å²) in [6.45, 7) is 4.53. The molecule has 34 heavy (non-hydrogen) atoms. The van der Waals surface area contributed by atoms with E-state index in [1.165, 1.54) is 135 Å². The molecular weight excluding hydrogens is 440 g/mol. The van der Waals surface area contributed by atoms with E-state index in [-0.39, 0.29) is 0 Å². The van der Waals surface area contributed by atoms with E-state index >= 15 is 0 Å². The Morgan fingerprint density at radius 3 is 0.824 bits per heavy atom. The maximum Gasteiger partial charge on any atom is 0.267 e. The van der Waals surface area contributed by atoms with E-state index in [4.69, 9.17) is 0 Å². The van der Waals surface area contributed by atoms with Crippen LogP contribution in [0.2, 0.25) is 0 Å². The minimum Gasteiger partial charge on any atom is -0.285 e. The molecule has 0 aromatic rings. The van der Waals surface area contributed by atoms with Gasteiger partial charge >= 0.3 is 0 Å². The highest BCUT2D eigenvalue weighted by atomic mass is 32.2. The molecule has 0 bridgehead atoms. The van der Waals surface area contributed by atoms with Crippen LogP contribution in [0.1, 0.15) is 187 Å². The molecule has 1 unspecified atom stereocenters. The molecule has 0 aromatic heterocycles. The van der Waals surface area contributed by atoms with Gasteiger partial charge in [0.2, 0.25) is 0 Å². The maximum atomic E-state index is 11.8. The van der Waals surface area contributed by atoms with Gasteiger partial charge in [-0.05, 0) is 12.8 Å². The summed E-state index contributed by atoms with van der Waals surface area (Å²) in [6.07, 6.45) is 33.5. The lowest BCUT2D eigenvalue weighted by Gasteiger charge is -2.13. The van der Waals surface area contributed by atoms with Crippen LogP contribution >= 0.6 is 0 Å². The molecule has 0 heterocycles. The van der Waals surface area contributed by atoms with Gasteiger partial charge in [0, 0.05) is 0 Å². The normalized spacial score (nSPS) is 12.9. The minimum atomic E-state index is -3.90. The van der Waals surface area contributed by atoms with E-state index in [0.717, 1.165) is 25.7 Å². The van der Waals surface area contributed by atoms with Crippen LogP contribution in [0.15, 0.2) is 0 Å². The third kappa shape index (κ3) is 25.0. The lowest BCUT2D eigenvalue weighted by Crippen LogP contribution is -2.20. The molecule has 0 saturated heterocycles. The smallest absolute Gasteiger partial charge is 0.267 e. The van der Waals surface area contributed by atoms with Crippen LogP contribution in [-0.2, 0) is 10.1 Å². The fourth-order valence-corrected chi connectivity index (χ4v) is 5.97. The van der Waals surface area contributed by atoms with Gasteiger partial charge in [-0.25, -0.2) is 0 Å². The van der Waals surface area contributed by atoms with Crippen molar-refractivity contribution in [3.63, 3.8) is 0 Å². The monoisotopic (exact) mass is 502 g/mol. The van der Waals surface area contributed by atoms with Crippen molar-refractivity contribution < 1.29 is 13.0 Å². The van der Waals surface area contributed by atoms with Crippen molar-refractivity contribution in [1.82, 2.24) is 0 Å². The predicted octanol–water partition coefficient (Wildman–Crippen LogP) is 10.8. The molecule has 0 radical (unpaired) electrons. The molecule has 0 fully saturated rings. The maximum absolute atomic E-state index is 11.8. The van der Waals surface area contributed by atoms with Gasteiger partial charge in [0.25, 0.3) is 10.1 Å². The third-order valence-corrected chi connectivity index (χ3v) is 8.74. The second-order valence-corrected chi connectivity index (χ2v) is 12.5. The summed E-state index contributed by atoms with van der Waals surface area (Å²) in [7, 11) is -3.90.